The van der Waals surface area contributed by atoms with Gasteiger partial charge in [-0.3, -0.25) is 9.59 Å². The molecular formula is C29H36Cl2N2O5S. The fraction of sp³-hybridized carbons (Fsp3) is 0.517. The summed E-state index contributed by atoms with van der Waals surface area (Å²) < 4.78 is 27.5. The van der Waals surface area contributed by atoms with Crippen molar-refractivity contribution in [3.05, 3.63) is 69.7 Å². The van der Waals surface area contributed by atoms with Gasteiger partial charge in [-0.05, 0) is 67.5 Å². The summed E-state index contributed by atoms with van der Waals surface area (Å²) in [6, 6.07) is 14.1. The number of nitrogens with zero attached hydrogens (tertiary/aromatic N) is 2. The van der Waals surface area contributed by atoms with Crippen molar-refractivity contribution in [3.8, 4) is 0 Å². The van der Waals surface area contributed by atoms with Gasteiger partial charge in [-0.2, -0.15) is 0 Å². The molecule has 0 aromatic heterocycles. The highest BCUT2D eigenvalue weighted by atomic mass is 35.5. The van der Waals surface area contributed by atoms with Gasteiger partial charge in [0.25, 0.3) is 0 Å². The molecule has 2 aromatic rings. The van der Waals surface area contributed by atoms with E-state index in [1.165, 1.54) is 4.31 Å². The van der Waals surface area contributed by atoms with E-state index in [1.54, 1.807) is 25.2 Å². The molecule has 1 heterocycles. The largest absolute Gasteiger partial charge is 0.481 e. The van der Waals surface area contributed by atoms with Gasteiger partial charge in [0.15, 0.2) is 0 Å². The van der Waals surface area contributed by atoms with E-state index in [9.17, 15) is 23.1 Å². The molecular weight excluding hydrogens is 559 g/mol. The van der Waals surface area contributed by atoms with Crippen molar-refractivity contribution in [1.29, 1.82) is 0 Å². The number of likely N-dealkylation sites (tertiary alicyclic amines) is 1. The second-order valence-electron chi connectivity index (χ2n) is 11.1. The summed E-state index contributed by atoms with van der Waals surface area (Å²) in [7, 11) is -1.87. The van der Waals surface area contributed by atoms with E-state index in [4.69, 9.17) is 23.2 Å². The predicted octanol–water partition coefficient (Wildman–Crippen LogP) is 6.12. The minimum Gasteiger partial charge on any atom is -0.481 e. The smallest absolute Gasteiger partial charge is 0.303 e. The molecule has 2 aromatic carbocycles. The number of hydrogen-bond acceptors (Lipinski definition) is 4. The second-order valence-corrected chi connectivity index (χ2v) is 14.3. The summed E-state index contributed by atoms with van der Waals surface area (Å²) in [5, 5.41) is 10.3. The van der Waals surface area contributed by atoms with E-state index in [-0.39, 0.29) is 36.5 Å². The van der Waals surface area contributed by atoms with Crippen molar-refractivity contribution in [2.24, 2.45) is 5.41 Å². The van der Waals surface area contributed by atoms with Crippen molar-refractivity contribution in [2.75, 3.05) is 13.6 Å². The molecule has 10 heteroatoms. The molecule has 4 unspecified atom stereocenters. The molecule has 1 saturated carbocycles. The molecule has 4 rings (SSSR count). The lowest BCUT2D eigenvalue weighted by Crippen LogP contribution is -2.58. The van der Waals surface area contributed by atoms with Gasteiger partial charge in [-0.1, -0.05) is 61.3 Å². The minimum atomic E-state index is -3.45. The Bertz CT molecular complexity index is 1320. The quantitative estimate of drug-likeness (QED) is 0.338. The van der Waals surface area contributed by atoms with E-state index in [2.05, 4.69) is 0 Å². The Kier molecular flexibility index (Phi) is 9.01. The molecule has 2 aliphatic rings. The fourth-order valence-corrected chi connectivity index (χ4v) is 7.77. The van der Waals surface area contributed by atoms with Crippen molar-refractivity contribution < 1.29 is 23.1 Å². The normalized spacial score (nSPS) is 24.7. The third-order valence-electron chi connectivity index (χ3n) is 8.19. The number of aliphatic carboxylic acids is 1. The highest BCUT2D eigenvalue weighted by Crippen LogP contribution is 2.52. The summed E-state index contributed by atoms with van der Waals surface area (Å²) in [5.74, 6) is -1.33. The Hall–Kier alpha value is -2.13. The van der Waals surface area contributed by atoms with Gasteiger partial charge < -0.3 is 10.0 Å². The Morgan fingerprint density at radius 2 is 1.79 bits per heavy atom. The maximum Gasteiger partial charge on any atom is 0.303 e. The second kappa shape index (κ2) is 11.8. The molecule has 212 valence electrons. The van der Waals surface area contributed by atoms with Crippen molar-refractivity contribution in [1.82, 2.24) is 9.21 Å². The average molecular weight is 596 g/mol. The zero-order chi connectivity index (χ0) is 28.5. The Balaban J connectivity index is 1.85. The molecule has 2 fully saturated rings. The highest BCUT2D eigenvalue weighted by molar-refractivity contribution is 7.90. The van der Waals surface area contributed by atoms with Crippen molar-refractivity contribution in [2.45, 2.75) is 75.6 Å². The lowest BCUT2D eigenvalue weighted by atomic mass is 9.66. The number of rotatable bonds is 11. The number of sulfonamides is 1. The molecule has 0 bridgehead atoms. The van der Waals surface area contributed by atoms with Crippen LogP contribution in [0.25, 0.3) is 0 Å². The lowest BCUT2D eigenvalue weighted by Gasteiger charge is -2.52. The molecule has 1 N–H and O–H groups in total. The number of carbonyl (C=O) groups excluding carboxylic acids is 1. The summed E-state index contributed by atoms with van der Waals surface area (Å²) in [4.78, 5) is 27.9. The number of benzene rings is 2. The number of halogens is 2. The van der Waals surface area contributed by atoms with Crippen molar-refractivity contribution in [3.63, 3.8) is 0 Å². The first-order chi connectivity index (χ1) is 18.4. The van der Waals surface area contributed by atoms with Crippen LogP contribution in [0.2, 0.25) is 10.0 Å². The number of carboxylic acid groups (broad SMARTS) is 1. The number of hydrogen-bond donors (Lipinski definition) is 1. The monoisotopic (exact) mass is 594 g/mol. The van der Waals surface area contributed by atoms with Gasteiger partial charge in [0.1, 0.15) is 0 Å². The minimum absolute atomic E-state index is 0.142. The zero-order valence-electron chi connectivity index (χ0n) is 22.5. The van der Waals surface area contributed by atoms with E-state index >= 15 is 0 Å². The zero-order valence-corrected chi connectivity index (χ0v) is 24.8. The number of amides is 1. The Morgan fingerprint density at radius 3 is 2.36 bits per heavy atom. The van der Waals surface area contributed by atoms with Gasteiger partial charge >= 0.3 is 5.97 Å². The predicted molar refractivity (Wildman–Crippen MR) is 153 cm³/mol. The number of likely N-dealkylation sites (N-methyl/N-ethyl adjacent to an activating group) is 1. The molecule has 4 atom stereocenters. The van der Waals surface area contributed by atoms with Crippen LogP contribution in [0.15, 0.2) is 48.5 Å². The third kappa shape index (κ3) is 6.45. The summed E-state index contributed by atoms with van der Waals surface area (Å²) in [6.07, 6.45) is 2.30. The van der Waals surface area contributed by atoms with Crippen LogP contribution in [-0.4, -0.2) is 59.5 Å². The first-order valence-corrected chi connectivity index (χ1v) is 15.6. The Labute approximate surface area is 241 Å². The first-order valence-electron chi connectivity index (χ1n) is 13.4. The van der Waals surface area contributed by atoms with E-state index in [0.717, 1.165) is 11.1 Å². The van der Waals surface area contributed by atoms with Crippen LogP contribution in [0.1, 0.15) is 75.5 Å². The third-order valence-corrected chi connectivity index (χ3v) is 11.0. The number of carbonyl (C=O) groups is 2. The van der Waals surface area contributed by atoms with E-state index in [1.807, 2.05) is 49.1 Å². The van der Waals surface area contributed by atoms with Gasteiger partial charge in [-0.25, -0.2) is 12.7 Å². The fourth-order valence-electron chi connectivity index (χ4n) is 5.83. The van der Waals surface area contributed by atoms with Crippen LogP contribution in [0.4, 0.5) is 0 Å². The van der Waals surface area contributed by atoms with Crippen LogP contribution in [0.5, 0.6) is 0 Å². The average Bonchev–Trinajstić information content (AvgIpc) is 3.75. The van der Waals surface area contributed by atoms with Crippen LogP contribution < -0.4 is 0 Å². The number of carboxylic acids is 1. The summed E-state index contributed by atoms with van der Waals surface area (Å²) >= 11 is 12.6. The number of piperidine rings is 1. The molecule has 1 amide bonds. The van der Waals surface area contributed by atoms with Gasteiger partial charge in [0.05, 0.1) is 11.3 Å². The van der Waals surface area contributed by atoms with Crippen LogP contribution >= 0.6 is 23.2 Å². The molecule has 1 saturated heterocycles. The molecule has 1 aliphatic carbocycles. The van der Waals surface area contributed by atoms with Crippen molar-refractivity contribution >= 4 is 45.1 Å². The maximum atomic E-state index is 14.4. The summed E-state index contributed by atoms with van der Waals surface area (Å²) in [6.45, 7) is 3.94. The van der Waals surface area contributed by atoms with Gasteiger partial charge in [-0.15, -0.1) is 0 Å². The maximum absolute atomic E-state index is 14.4. The molecule has 0 spiro atoms. The van der Waals surface area contributed by atoms with Gasteiger partial charge in [0, 0.05) is 47.4 Å². The summed E-state index contributed by atoms with van der Waals surface area (Å²) in [5.41, 5.74) is 0.856. The molecule has 39 heavy (non-hydrogen) atoms. The Morgan fingerprint density at radius 1 is 1.13 bits per heavy atom. The first kappa shape index (κ1) is 29.8. The SMILES string of the molecule is CCC(CN(C)S(=O)(=O)C1CC1)N1C(=O)C(C)(CCC(=O)O)CC(c2cccc(Cl)c2)C1c1ccc(Cl)cc1. The van der Waals surface area contributed by atoms with E-state index < -0.39 is 33.5 Å². The van der Waals surface area contributed by atoms with Crippen LogP contribution in [-0.2, 0) is 19.6 Å². The standard InChI is InChI=1S/C29H36Cl2N2O5S/c1-4-23(18-32(3)39(37,38)24-12-13-24)33-27(19-8-10-21(30)11-9-19)25(20-6-5-7-22(31)16-20)17-29(2,28(33)36)15-14-26(34)35/h5-11,16,23-25,27H,4,12-15,17-18H2,1-3H3,(H,34,35). The van der Waals surface area contributed by atoms with Crippen LogP contribution in [0, 0.1) is 5.41 Å². The molecule has 1 aliphatic heterocycles. The highest BCUT2D eigenvalue weighted by Gasteiger charge is 2.52. The van der Waals surface area contributed by atoms with Gasteiger partial charge in [0.2, 0.25) is 15.9 Å². The van der Waals surface area contributed by atoms with E-state index in [0.29, 0.717) is 35.7 Å². The lowest BCUT2D eigenvalue weighted by molar-refractivity contribution is -0.156. The topological polar surface area (TPSA) is 95.0 Å². The van der Waals surface area contributed by atoms with Crippen LogP contribution in [0.3, 0.4) is 0 Å². The molecule has 7 nitrogen and oxygen atoms in total. The molecule has 0 radical (unpaired) electrons.